The summed E-state index contributed by atoms with van der Waals surface area (Å²) in [4.78, 5) is 22.1. The molecule has 6 heteroatoms. The van der Waals surface area contributed by atoms with Crippen LogP contribution in [0.4, 0.5) is 16.2 Å². The molecule has 0 aliphatic heterocycles. The van der Waals surface area contributed by atoms with E-state index in [9.17, 15) is 9.59 Å². The molecule has 0 heterocycles. The average molecular weight is 349 g/mol. The number of anilines is 2. The van der Waals surface area contributed by atoms with Crippen LogP contribution in [0.2, 0.25) is 0 Å². The van der Waals surface area contributed by atoms with E-state index in [2.05, 4.69) is 26.6 Å². The molecule has 0 bridgehead atoms. The molecule has 0 fully saturated rings. The molecule has 2 amide bonds. The molecule has 0 saturated heterocycles. The van der Waals surface area contributed by atoms with E-state index in [4.69, 9.17) is 4.74 Å². The molecule has 0 aliphatic carbocycles. The van der Waals surface area contributed by atoms with Crippen molar-refractivity contribution in [3.05, 3.63) is 53.0 Å². The zero-order valence-electron chi connectivity index (χ0n) is 11.0. The van der Waals surface area contributed by atoms with Gasteiger partial charge in [0.05, 0.1) is 5.69 Å². The molecule has 5 nitrogen and oxygen atoms in total. The molecule has 2 rings (SSSR count). The van der Waals surface area contributed by atoms with Crippen LogP contribution in [0.15, 0.2) is 53.0 Å². The number of carbonyl (C=O) groups excluding carboxylic acids is 2. The number of nitrogens with one attached hydrogen (secondary N) is 2. The van der Waals surface area contributed by atoms with Crippen molar-refractivity contribution < 1.29 is 14.3 Å². The number of aldehydes is 1. The minimum absolute atomic E-state index is 0.00922. The van der Waals surface area contributed by atoms with Crippen LogP contribution in [0.25, 0.3) is 0 Å². The minimum Gasteiger partial charge on any atom is -0.486 e. The van der Waals surface area contributed by atoms with E-state index in [0.717, 1.165) is 4.47 Å². The maximum atomic E-state index is 11.9. The molecule has 0 radical (unpaired) electrons. The van der Waals surface area contributed by atoms with E-state index in [1.54, 1.807) is 30.3 Å². The van der Waals surface area contributed by atoms with Gasteiger partial charge in [-0.15, -0.1) is 0 Å². The van der Waals surface area contributed by atoms with Crippen molar-refractivity contribution in [2.24, 2.45) is 0 Å². The van der Waals surface area contributed by atoms with Crippen molar-refractivity contribution in [2.75, 3.05) is 17.2 Å². The minimum atomic E-state index is -0.344. The fourth-order valence-corrected chi connectivity index (χ4v) is 2.00. The van der Waals surface area contributed by atoms with Gasteiger partial charge >= 0.3 is 6.03 Å². The Hall–Kier alpha value is -2.34. The molecule has 2 N–H and O–H groups in total. The highest BCUT2D eigenvalue weighted by Gasteiger charge is 2.05. The Balaban J connectivity index is 1.93. The van der Waals surface area contributed by atoms with Crippen LogP contribution in [-0.4, -0.2) is 18.9 Å². The smallest absolute Gasteiger partial charge is 0.323 e. The second kappa shape index (κ2) is 7.44. The highest BCUT2D eigenvalue weighted by molar-refractivity contribution is 9.10. The van der Waals surface area contributed by atoms with E-state index < -0.39 is 0 Å². The SMILES string of the molecule is O=CCOc1ccc(NC(=O)Nc2ccccc2Br)cc1. The Kier molecular flexibility index (Phi) is 5.34. The number of halogens is 1. The number of hydrogen-bond acceptors (Lipinski definition) is 3. The zero-order valence-corrected chi connectivity index (χ0v) is 12.6. The molecular formula is C15H13BrN2O3. The summed E-state index contributed by atoms with van der Waals surface area (Å²) in [5.41, 5.74) is 1.30. The number of rotatable bonds is 5. The second-order valence-corrected chi connectivity index (χ2v) is 4.92. The molecule has 2 aromatic rings. The van der Waals surface area contributed by atoms with Gasteiger partial charge in [-0.25, -0.2) is 4.79 Å². The number of amides is 2. The van der Waals surface area contributed by atoms with Crippen molar-refractivity contribution >= 4 is 39.6 Å². The highest BCUT2D eigenvalue weighted by Crippen LogP contribution is 2.21. The average Bonchev–Trinajstić information content (AvgIpc) is 2.49. The van der Waals surface area contributed by atoms with E-state index in [-0.39, 0.29) is 12.6 Å². The number of benzene rings is 2. The molecule has 0 atom stereocenters. The highest BCUT2D eigenvalue weighted by atomic mass is 79.9. The number of para-hydroxylation sites is 1. The van der Waals surface area contributed by atoms with Gasteiger partial charge in [-0.3, -0.25) is 4.79 Å². The summed E-state index contributed by atoms with van der Waals surface area (Å²) in [7, 11) is 0. The summed E-state index contributed by atoms with van der Waals surface area (Å²) in [6, 6.07) is 13.7. The molecule has 2 aromatic carbocycles. The van der Waals surface area contributed by atoms with E-state index in [0.29, 0.717) is 23.4 Å². The Morgan fingerprint density at radius 2 is 1.81 bits per heavy atom. The van der Waals surface area contributed by atoms with Crippen molar-refractivity contribution in [1.29, 1.82) is 0 Å². The predicted molar refractivity (Wildman–Crippen MR) is 84.8 cm³/mol. The lowest BCUT2D eigenvalue weighted by molar-refractivity contribution is -0.109. The molecule has 0 spiro atoms. The van der Waals surface area contributed by atoms with Crippen LogP contribution < -0.4 is 15.4 Å². The van der Waals surface area contributed by atoms with Gasteiger partial charge in [-0.1, -0.05) is 12.1 Å². The molecule has 0 aromatic heterocycles. The topological polar surface area (TPSA) is 67.4 Å². The maximum Gasteiger partial charge on any atom is 0.323 e. The summed E-state index contributed by atoms with van der Waals surface area (Å²) in [5, 5.41) is 5.44. The number of urea groups is 1. The van der Waals surface area contributed by atoms with Crippen molar-refractivity contribution in [1.82, 2.24) is 0 Å². The first-order chi connectivity index (χ1) is 10.2. The van der Waals surface area contributed by atoms with Gasteiger partial charge < -0.3 is 15.4 Å². The Morgan fingerprint density at radius 3 is 2.48 bits per heavy atom. The summed E-state index contributed by atoms with van der Waals surface area (Å²) >= 11 is 3.36. The Bertz CT molecular complexity index is 629. The first-order valence-corrected chi connectivity index (χ1v) is 6.97. The number of ether oxygens (including phenoxy) is 1. The standard InChI is InChI=1S/C15H13BrN2O3/c16-13-3-1-2-4-14(13)18-15(20)17-11-5-7-12(8-6-11)21-10-9-19/h1-9H,10H2,(H2,17,18,20). The van der Waals surface area contributed by atoms with Crippen LogP contribution in [0.3, 0.4) is 0 Å². The molecule has 0 unspecified atom stereocenters. The zero-order chi connectivity index (χ0) is 15.1. The summed E-state index contributed by atoms with van der Waals surface area (Å²) in [6.45, 7) is 0.00922. The predicted octanol–water partition coefficient (Wildman–Crippen LogP) is 3.67. The summed E-state index contributed by atoms with van der Waals surface area (Å²) in [5.74, 6) is 0.568. The van der Waals surface area contributed by atoms with Gasteiger partial charge in [0.2, 0.25) is 0 Å². The maximum absolute atomic E-state index is 11.9. The fourth-order valence-electron chi connectivity index (χ4n) is 1.61. The van der Waals surface area contributed by atoms with Crippen molar-refractivity contribution in [3.8, 4) is 5.75 Å². The van der Waals surface area contributed by atoms with Crippen LogP contribution in [0.5, 0.6) is 5.75 Å². The van der Waals surface area contributed by atoms with Gasteiger partial charge in [0.25, 0.3) is 0 Å². The van der Waals surface area contributed by atoms with E-state index in [1.165, 1.54) is 0 Å². The van der Waals surface area contributed by atoms with Gasteiger partial charge in [0.15, 0.2) is 6.29 Å². The third kappa shape index (κ3) is 4.61. The first kappa shape index (κ1) is 15.1. The molecule has 0 aliphatic rings. The lowest BCUT2D eigenvalue weighted by Gasteiger charge is -2.09. The summed E-state index contributed by atoms with van der Waals surface area (Å²) in [6.07, 6.45) is 0.678. The van der Waals surface area contributed by atoms with Gasteiger partial charge in [-0.05, 0) is 52.3 Å². The van der Waals surface area contributed by atoms with Crippen molar-refractivity contribution in [2.45, 2.75) is 0 Å². The molecule has 21 heavy (non-hydrogen) atoms. The third-order valence-electron chi connectivity index (χ3n) is 2.55. The Labute approximate surface area is 130 Å². The van der Waals surface area contributed by atoms with Crippen LogP contribution in [-0.2, 0) is 4.79 Å². The largest absolute Gasteiger partial charge is 0.486 e. The number of carbonyl (C=O) groups is 2. The van der Waals surface area contributed by atoms with Crippen LogP contribution >= 0.6 is 15.9 Å². The lowest BCUT2D eigenvalue weighted by Crippen LogP contribution is -2.19. The van der Waals surface area contributed by atoms with Crippen LogP contribution in [0, 0.1) is 0 Å². The van der Waals surface area contributed by atoms with Gasteiger partial charge in [-0.2, -0.15) is 0 Å². The normalized spacial score (nSPS) is 9.76. The Morgan fingerprint density at radius 1 is 1.10 bits per heavy atom. The van der Waals surface area contributed by atoms with Gasteiger partial charge in [0, 0.05) is 10.2 Å². The molecule has 108 valence electrons. The lowest BCUT2D eigenvalue weighted by atomic mass is 10.3. The molecular weight excluding hydrogens is 336 g/mol. The van der Waals surface area contributed by atoms with E-state index in [1.807, 2.05) is 18.2 Å². The van der Waals surface area contributed by atoms with E-state index >= 15 is 0 Å². The summed E-state index contributed by atoms with van der Waals surface area (Å²) < 4.78 is 5.93. The monoisotopic (exact) mass is 348 g/mol. The first-order valence-electron chi connectivity index (χ1n) is 6.18. The quantitative estimate of drug-likeness (QED) is 0.810. The number of hydrogen-bond donors (Lipinski definition) is 2. The van der Waals surface area contributed by atoms with Crippen LogP contribution in [0.1, 0.15) is 0 Å². The van der Waals surface area contributed by atoms with Crippen molar-refractivity contribution in [3.63, 3.8) is 0 Å². The fraction of sp³-hybridized carbons (Fsp3) is 0.0667. The van der Waals surface area contributed by atoms with Gasteiger partial charge in [0.1, 0.15) is 12.4 Å². The third-order valence-corrected chi connectivity index (χ3v) is 3.24. The second-order valence-electron chi connectivity index (χ2n) is 4.06. The molecule has 0 saturated carbocycles.